The van der Waals surface area contributed by atoms with E-state index in [9.17, 15) is 4.79 Å². The summed E-state index contributed by atoms with van der Waals surface area (Å²) < 4.78 is 0. The van der Waals surface area contributed by atoms with Gasteiger partial charge in [-0.1, -0.05) is 0 Å². The fourth-order valence-electron chi connectivity index (χ4n) is 1.62. The molecular formula is C12H17N3O2. The van der Waals surface area contributed by atoms with Crippen LogP contribution in [0.3, 0.4) is 0 Å². The number of hydrogen-bond donors (Lipinski definition) is 1. The highest BCUT2D eigenvalue weighted by Crippen LogP contribution is 2.40. The fraction of sp³-hybridized carbons (Fsp3) is 0.583. The van der Waals surface area contributed by atoms with Crippen LogP contribution in [0.25, 0.3) is 0 Å². The number of aromatic carboxylic acids is 1. The lowest BCUT2D eigenvalue weighted by Crippen LogP contribution is -2.28. The second kappa shape index (κ2) is 4.31. The van der Waals surface area contributed by atoms with E-state index in [1.165, 1.54) is 6.20 Å². The first-order valence-corrected chi connectivity index (χ1v) is 5.83. The van der Waals surface area contributed by atoms with Crippen molar-refractivity contribution >= 4 is 11.9 Å². The molecule has 0 bridgehead atoms. The summed E-state index contributed by atoms with van der Waals surface area (Å²) >= 11 is 0. The number of anilines is 1. The van der Waals surface area contributed by atoms with Gasteiger partial charge in [0.2, 0.25) is 5.95 Å². The molecule has 0 atom stereocenters. The largest absolute Gasteiger partial charge is 0.478 e. The lowest BCUT2D eigenvalue weighted by molar-refractivity contribution is 0.0694. The lowest BCUT2D eigenvalue weighted by atomic mass is 10.1. The number of carboxylic acids is 1. The van der Waals surface area contributed by atoms with E-state index in [1.807, 2.05) is 25.8 Å². The summed E-state index contributed by atoms with van der Waals surface area (Å²) in [5, 5.41) is 9.09. The van der Waals surface area contributed by atoms with Crippen LogP contribution in [0.5, 0.6) is 0 Å². The summed E-state index contributed by atoms with van der Waals surface area (Å²) in [6.07, 6.45) is 3.49. The monoisotopic (exact) mass is 235 g/mol. The Kier molecular flexibility index (Phi) is 3.00. The number of carbonyl (C=O) groups is 1. The maximum atomic E-state index is 11.1. The summed E-state index contributed by atoms with van der Waals surface area (Å²) in [4.78, 5) is 21.6. The van der Waals surface area contributed by atoms with Crippen molar-refractivity contribution in [2.45, 2.75) is 38.6 Å². The molecule has 2 rings (SSSR count). The standard InChI is InChI=1S/C12H17N3O2/c1-7(2)15(3)12-13-6-9(11(16)17)10(14-12)8-4-5-8/h6-8H,4-5H2,1-3H3,(H,16,17). The molecule has 0 spiro atoms. The topological polar surface area (TPSA) is 66.3 Å². The molecule has 5 nitrogen and oxygen atoms in total. The Bertz CT molecular complexity index is 441. The molecule has 0 amide bonds. The molecule has 0 unspecified atom stereocenters. The van der Waals surface area contributed by atoms with Gasteiger partial charge in [-0.3, -0.25) is 0 Å². The van der Waals surface area contributed by atoms with Crippen LogP contribution in [-0.2, 0) is 0 Å². The van der Waals surface area contributed by atoms with Crippen molar-refractivity contribution < 1.29 is 9.90 Å². The first-order valence-electron chi connectivity index (χ1n) is 5.83. The zero-order valence-electron chi connectivity index (χ0n) is 10.3. The molecule has 1 aromatic rings. The lowest BCUT2D eigenvalue weighted by Gasteiger charge is -2.22. The van der Waals surface area contributed by atoms with E-state index < -0.39 is 5.97 Å². The highest BCUT2D eigenvalue weighted by Gasteiger charge is 2.30. The Labute approximate surface area is 100 Å². The summed E-state index contributed by atoms with van der Waals surface area (Å²) in [7, 11) is 1.91. The average Bonchev–Trinajstić information content (AvgIpc) is 3.10. The normalized spacial score (nSPS) is 15.1. The highest BCUT2D eigenvalue weighted by atomic mass is 16.4. The van der Waals surface area contributed by atoms with Crippen molar-refractivity contribution in [2.24, 2.45) is 0 Å². The van der Waals surface area contributed by atoms with Crippen molar-refractivity contribution in [1.29, 1.82) is 0 Å². The predicted molar refractivity (Wildman–Crippen MR) is 64.5 cm³/mol. The molecular weight excluding hydrogens is 218 g/mol. The van der Waals surface area contributed by atoms with Crippen LogP contribution in [0.15, 0.2) is 6.20 Å². The van der Waals surface area contributed by atoms with Crippen molar-refractivity contribution in [2.75, 3.05) is 11.9 Å². The third-order valence-corrected chi connectivity index (χ3v) is 3.09. The second-order valence-electron chi connectivity index (χ2n) is 4.75. The Hall–Kier alpha value is -1.65. The second-order valence-corrected chi connectivity index (χ2v) is 4.75. The molecule has 5 heteroatoms. The number of rotatable bonds is 4. The van der Waals surface area contributed by atoms with Crippen molar-refractivity contribution in [1.82, 2.24) is 9.97 Å². The zero-order chi connectivity index (χ0) is 12.6. The van der Waals surface area contributed by atoms with Crippen molar-refractivity contribution in [3.8, 4) is 0 Å². The number of aromatic nitrogens is 2. The van der Waals surface area contributed by atoms with E-state index in [0.29, 0.717) is 17.6 Å². The van der Waals surface area contributed by atoms with Gasteiger partial charge >= 0.3 is 5.97 Å². The van der Waals surface area contributed by atoms with Crippen LogP contribution in [0.1, 0.15) is 48.7 Å². The average molecular weight is 235 g/mol. The smallest absolute Gasteiger partial charge is 0.339 e. The molecule has 1 saturated carbocycles. The minimum atomic E-state index is -0.939. The highest BCUT2D eigenvalue weighted by molar-refractivity contribution is 5.89. The third kappa shape index (κ3) is 2.38. The van der Waals surface area contributed by atoms with Gasteiger partial charge in [0.1, 0.15) is 0 Å². The first kappa shape index (κ1) is 11.8. The quantitative estimate of drug-likeness (QED) is 0.863. The molecule has 0 aromatic carbocycles. The molecule has 92 valence electrons. The van der Waals surface area contributed by atoms with Gasteiger partial charge in [-0.15, -0.1) is 0 Å². The van der Waals surface area contributed by atoms with Crippen molar-refractivity contribution in [3.05, 3.63) is 17.5 Å². The van der Waals surface area contributed by atoms with E-state index in [4.69, 9.17) is 5.11 Å². The first-order chi connectivity index (χ1) is 8.00. The van der Waals surface area contributed by atoms with Gasteiger partial charge < -0.3 is 10.0 Å². The molecule has 1 fully saturated rings. The van der Waals surface area contributed by atoms with E-state index in [0.717, 1.165) is 12.8 Å². The Morgan fingerprint density at radius 3 is 2.65 bits per heavy atom. The van der Waals surface area contributed by atoms with E-state index in [2.05, 4.69) is 9.97 Å². The molecule has 1 aliphatic carbocycles. The van der Waals surface area contributed by atoms with Gasteiger partial charge in [0.25, 0.3) is 0 Å². The van der Waals surface area contributed by atoms with Gasteiger partial charge in [-0.2, -0.15) is 0 Å². The number of nitrogens with zero attached hydrogens (tertiary/aromatic N) is 3. The van der Waals surface area contributed by atoms with E-state index in [-0.39, 0.29) is 11.6 Å². The molecule has 17 heavy (non-hydrogen) atoms. The molecule has 0 aliphatic heterocycles. The Morgan fingerprint density at radius 2 is 2.18 bits per heavy atom. The van der Waals surface area contributed by atoms with Crippen LogP contribution in [-0.4, -0.2) is 34.1 Å². The van der Waals surface area contributed by atoms with Crippen LogP contribution < -0.4 is 4.90 Å². The van der Waals surface area contributed by atoms with Crippen LogP contribution in [0.4, 0.5) is 5.95 Å². The summed E-state index contributed by atoms with van der Waals surface area (Å²) in [6, 6.07) is 0.290. The summed E-state index contributed by atoms with van der Waals surface area (Å²) in [5.74, 6) is -0.0269. The molecule has 1 aliphatic rings. The number of carboxylic acid groups (broad SMARTS) is 1. The minimum Gasteiger partial charge on any atom is -0.478 e. The van der Waals surface area contributed by atoms with Gasteiger partial charge in [-0.05, 0) is 26.7 Å². The molecule has 1 heterocycles. The minimum absolute atomic E-state index is 0.244. The van der Waals surface area contributed by atoms with Gasteiger partial charge in [0.15, 0.2) is 0 Å². The summed E-state index contributed by atoms with van der Waals surface area (Å²) in [5.41, 5.74) is 0.934. The molecule has 1 aromatic heterocycles. The van der Waals surface area contributed by atoms with Crippen LogP contribution in [0, 0.1) is 0 Å². The molecule has 1 N–H and O–H groups in total. The zero-order valence-corrected chi connectivity index (χ0v) is 10.3. The predicted octanol–water partition coefficient (Wildman–Crippen LogP) is 1.90. The molecule has 0 radical (unpaired) electrons. The van der Waals surface area contributed by atoms with Gasteiger partial charge in [-0.25, -0.2) is 14.8 Å². The van der Waals surface area contributed by atoms with E-state index >= 15 is 0 Å². The van der Waals surface area contributed by atoms with Crippen LogP contribution >= 0.6 is 0 Å². The fourth-order valence-corrected chi connectivity index (χ4v) is 1.62. The van der Waals surface area contributed by atoms with E-state index in [1.54, 1.807) is 0 Å². The summed E-state index contributed by atoms with van der Waals surface area (Å²) in [6.45, 7) is 4.09. The number of hydrogen-bond acceptors (Lipinski definition) is 4. The third-order valence-electron chi connectivity index (χ3n) is 3.09. The van der Waals surface area contributed by atoms with Crippen LogP contribution in [0.2, 0.25) is 0 Å². The van der Waals surface area contributed by atoms with Gasteiger partial charge in [0.05, 0.1) is 11.3 Å². The maximum absolute atomic E-state index is 11.1. The van der Waals surface area contributed by atoms with Crippen molar-refractivity contribution in [3.63, 3.8) is 0 Å². The Balaban J connectivity index is 2.38. The molecule has 0 saturated heterocycles. The van der Waals surface area contributed by atoms with Gasteiger partial charge in [0, 0.05) is 25.2 Å². The Morgan fingerprint density at radius 1 is 1.53 bits per heavy atom. The SMILES string of the molecule is CC(C)N(C)c1ncc(C(=O)O)c(C2CC2)n1. The maximum Gasteiger partial charge on any atom is 0.339 e.